The smallest absolute Gasteiger partial charge is 0.361 e. The maximum Gasteiger partial charge on any atom is 0.361 e. The minimum Gasteiger partial charge on any atom is -0.449 e. The van der Waals surface area contributed by atoms with Crippen LogP contribution in [0.2, 0.25) is 0 Å². The molecule has 1 heterocycles. The normalized spacial score (nSPS) is 11.9. The van der Waals surface area contributed by atoms with Crippen LogP contribution in [-0.2, 0) is 4.74 Å². The molecular weight excluding hydrogens is 342 g/mol. The predicted octanol–water partition coefficient (Wildman–Crippen LogP) is 4.70. The summed E-state index contributed by atoms with van der Waals surface area (Å²) in [4.78, 5) is 29.3. The SMILES string of the molecule is Cc1ccc(C(=O)C(C)OC(=O)c2nc(-c3ccccc3)oc2C)cc1C. The van der Waals surface area contributed by atoms with E-state index in [1.807, 2.05) is 50.2 Å². The molecular formula is C22H21NO4. The number of nitrogens with zero attached hydrogens (tertiary/aromatic N) is 1. The van der Waals surface area contributed by atoms with Crippen molar-refractivity contribution in [2.75, 3.05) is 0 Å². The third-order valence-electron chi connectivity index (χ3n) is 4.46. The number of esters is 1. The van der Waals surface area contributed by atoms with Gasteiger partial charge in [-0.25, -0.2) is 9.78 Å². The predicted molar refractivity (Wildman–Crippen MR) is 102 cm³/mol. The van der Waals surface area contributed by atoms with Crippen LogP contribution in [0.4, 0.5) is 0 Å². The summed E-state index contributed by atoms with van der Waals surface area (Å²) in [6.07, 6.45) is -0.920. The second-order valence-corrected chi connectivity index (χ2v) is 6.50. The largest absolute Gasteiger partial charge is 0.449 e. The molecule has 0 aliphatic heterocycles. The van der Waals surface area contributed by atoms with Crippen LogP contribution in [0.3, 0.4) is 0 Å². The molecule has 5 nitrogen and oxygen atoms in total. The van der Waals surface area contributed by atoms with Gasteiger partial charge in [-0.3, -0.25) is 4.79 Å². The van der Waals surface area contributed by atoms with Gasteiger partial charge in [-0.2, -0.15) is 0 Å². The van der Waals surface area contributed by atoms with Crippen molar-refractivity contribution in [3.63, 3.8) is 0 Å². The van der Waals surface area contributed by atoms with Gasteiger partial charge < -0.3 is 9.15 Å². The summed E-state index contributed by atoms with van der Waals surface area (Å²) in [5.41, 5.74) is 3.47. The van der Waals surface area contributed by atoms with Crippen LogP contribution in [-0.4, -0.2) is 22.8 Å². The summed E-state index contributed by atoms with van der Waals surface area (Å²) >= 11 is 0. The Balaban J connectivity index is 1.76. The van der Waals surface area contributed by atoms with Crippen molar-refractivity contribution in [2.45, 2.75) is 33.8 Å². The Labute approximate surface area is 158 Å². The van der Waals surface area contributed by atoms with Gasteiger partial charge in [0.2, 0.25) is 11.7 Å². The molecule has 0 N–H and O–H groups in total. The molecule has 5 heteroatoms. The van der Waals surface area contributed by atoms with Crippen LogP contribution in [0.1, 0.15) is 44.7 Å². The van der Waals surface area contributed by atoms with Crippen LogP contribution in [0, 0.1) is 20.8 Å². The molecule has 3 rings (SSSR count). The third-order valence-corrected chi connectivity index (χ3v) is 4.46. The van der Waals surface area contributed by atoms with E-state index in [0.717, 1.165) is 16.7 Å². The highest BCUT2D eigenvalue weighted by atomic mass is 16.5. The van der Waals surface area contributed by atoms with Gasteiger partial charge in [-0.05, 0) is 57.0 Å². The lowest BCUT2D eigenvalue weighted by molar-refractivity contribution is 0.0312. The summed E-state index contributed by atoms with van der Waals surface area (Å²) in [5.74, 6) is -0.239. The van der Waals surface area contributed by atoms with Crippen LogP contribution in [0.5, 0.6) is 0 Å². The summed E-state index contributed by atoms with van der Waals surface area (Å²) in [6, 6.07) is 14.7. The van der Waals surface area contributed by atoms with Gasteiger partial charge in [-0.15, -0.1) is 0 Å². The lowest BCUT2D eigenvalue weighted by Crippen LogP contribution is -2.25. The highest BCUT2D eigenvalue weighted by molar-refractivity contribution is 6.01. The van der Waals surface area contributed by atoms with Gasteiger partial charge in [0.25, 0.3) is 0 Å². The van der Waals surface area contributed by atoms with Crippen molar-refractivity contribution in [2.24, 2.45) is 0 Å². The number of rotatable bonds is 5. The number of ether oxygens (including phenoxy) is 1. The summed E-state index contributed by atoms with van der Waals surface area (Å²) in [7, 11) is 0. The van der Waals surface area contributed by atoms with Crippen molar-refractivity contribution < 1.29 is 18.7 Å². The molecule has 0 fully saturated rings. The molecule has 1 unspecified atom stereocenters. The fourth-order valence-corrected chi connectivity index (χ4v) is 2.69. The number of aryl methyl sites for hydroxylation is 3. The maximum absolute atomic E-state index is 12.6. The molecule has 0 spiro atoms. The molecule has 0 aliphatic rings. The van der Waals surface area contributed by atoms with Gasteiger partial charge in [-0.1, -0.05) is 30.3 Å². The van der Waals surface area contributed by atoms with Crippen molar-refractivity contribution in [3.8, 4) is 11.5 Å². The minimum absolute atomic E-state index is 0.0774. The zero-order valence-electron chi connectivity index (χ0n) is 15.8. The van der Waals surface area contributed by atoms with Gasteiger partial charge >= 0.3 is 5.97 Å². The third kappa shape index (κ3) is 3.97. The van der Waals surface area contributed by atoms with Crippen molar-refractivity contribution in [1.82, 2.24) is 4.98 Å². The quantitative estimate of drug-likeness (QED) is 0.486. The zero-order valence-corrected chi connectivity index (χ0v) is 15.8. The minimum atomic E-state index is -0.920. The molecule has 2 aromatic carbocycles. The fraction of sp³-hybridized carbons (Fsp3) is 0.227. The monoisotopic (exact) mass is 363 g/mol. The number of oxazole rings is 1. The Morgan fingerprint density at radius 1 is 1.00 bits per heavy atom. The number of carbonyl (C=O) groups excluding carboxylic acids is 2. The number of hydrogen-bond acceptors (Lipinski definition) is 5. The molecule has 0 aliphatic carbocycles. The first-order valence-electron chi connectivity index (χ1n) is 8.72. The van der Waals surface area contributed by atoms with Crippen LogP contribution >= 0.6 is 0 Å². The van der Waals surface area contributed by atoms with E-state index in [-0.39, 0.29) is 11.5 Å². The average molecular weight is 363 g/mol. The van der Waals surface area contributed by atoms with E-state index in [4.69, 9.17) is 9.15 Å². The van der Waals surface area contributed by atoms with Crippen LogP contribution in [0.25, 0.3) is 11.5 Å². The molecule has 0 saturated heterocycles. The van der Waals surface area contributed by atoms with E-state index in [0.29, 0.717) is 17.2 Å². The molecule has 0 bridgehead atoms. The molecule has 0 amide bonds. The molecule has 138 valence electrons. The maximum atomic E-state index is 12.6. The zero-order chi connectivity index (χ0) is 19.6. The van der Waals surface area contributed by atoms with Crippen LogP contribution in [0.15, 0.2) is 52.9 Å². The molecule has 0 radical (unpaired) electrons. The summed E-state index contributed by atoms with van der Waals surface area (Å²) < 4.78 is 10.9. The van der Waals surface area contributed by atoms with Crippen LogP contribution < -0.4 is 0 Å². The van der Waals surface area contributed by atoms with Crippen molar-refractivity contribution in [3.05, 3.63) is 76.7 Å². The van der Waals surface area contributed by atoms with Crippen molar-refractivity contribution in [1.29, 1.82) is 0 Å². The van der Waals surface area contributed by atoms with E-state index >= 15 is 0 Å². The Morgan fingerprint density at radius 2 is 1.70 bits per heavy atom. The van der Waals surface area contributed by atoms with Crippen molar-refractivity contribution >= 4 is 11.8 Å². The molecule has 1 atom stereocenters. The number of hydrogen-bond donors (Lipinski definition) is 0. The first-order chi connectivity index (χ1) is 12.9. The van der Waals surface area contributed by atoms with E-state index in [1.165, 1.54) is 0 Å². The number of aromatic nitrogens is 1. The van der Waals surface area contributed by atoms with Gasteiger partial charge in [0.1, 0.15) is 5.76 Å². The van der Waals surface area contributed by atoms with Gasteiger partial charge in [0.05, 0.1) is 0 Å². The highest BCUT2D eigenvalue weighted by Gasteiger charge is 2.25. The number of Topliss-reactive ketones (excluding diaryl/α,β-unsaturated/α-hetero) is 1. The van der Waals surface area contributed by atoms with Gasteiger partial charge in [0.15, 0.2) is 11.8 Å². The Hall–Kier alpha value is -3.21. The second-order valence-electron chi connectivity index (χ2n) is 6.50. The topological polar surface area (TPSA) is 69.4 Å². The number of carbonyl (C=O) groups is 2. The fourth-order valence-electron chi connectivity index (χ4n) is 2.69. The first kappa shape index (κ1) is 18.6. The molecule has 3 aromatic rings. The van der Waals surface area contributed by atoms with Gasteiger partial charge in [0, 0.05) is 11.1 Å². The number of benzene rings is 2. The molecule has 1 aromatic heterocycles. The Morgan fingerprint density at radius 3 is 2.37 bits per heavy atom. The van der Waals surface area contributed by atoms with E-state index in [9.17, 15) is 9.59 Å². The molecule has 27 heavy (non-hydrogen) atoms. The Kier molecular flexibility index (Phi) is 5.21. The molecule has 0 saturated carbocycles. The lowest BCUT2D eigenvalue weighted by atomic mass is 10.0. The average Bonchev–Trinajstić information content (AvgIpc) is 3.06. The second kappa shape index (κ2) is 7.58. The van der Waals surface area contributed by atoms with E-state index in [2.05, 4.69) is 4.98 Å². The van der Waals surface area contributed by atoms with E-state index in [1.54, 1.807) is 26.0 Å². The number of ketones is 1. The Bertz CT molecular complexity index is 989. The highest BCUT2D eigenvalue weighted by Crippen LogP contribution is 2.22. The van der Waals surface area contributed by atoms with E-state index < -0.39 is 12.1 Å². The lowest BCUT2D eigenvalue weighted by Gasteiger charge is -2.12. The summed E-state index contributed by atoms with van der Waals surface area (Å²) in [5, 5.41) is 0. The first-order valence-corrected chi connectivity index (χ1v) is 8.72. The standard InChI is InChI=1S/C22H21NO4/c1-13-10-11-18(12-14(13)2)20(24)16(4)27-22(25)19-15(3)26-21(23-19)17-8-6-5-7-9-17/h5-12,16H,1-4H3. The summed E-state index contributed by atoms with van der Waals surface area (Å²) in [6.45, 7) is 7.12.